The summed E-state index contributed by atoms with van der Waals surface area (Å²) in [5.41, 5.74) is 0.168. The molecule has 25 heavy (non-hydrogen) atoms. The van der Waals surface area contributed by atoms with Crippen molar-refractivity contribution >= 4 is 38.9 Å². The quantitative estimate of drug-likeness (QED) is 0.738. The van der Waals surface area contributed by atoms with Crippen molar-refractivity contribution in [2.75, 3.05) is 19.6 Å². The zero-order chi connectivity index (χ0) is 18.4. The van der Waals surface area contributed by atoms with Crippen LogP contribution in [-0.2, 0) is 16.4 Å². The van der Waals surface area contributed by atoms with E-state index in [1.54, 1.807) is 25.2 Å². The van der Waals surface area contributed by atoms with Crippen LogP contribution in [0.5, 0.6) is 0 Å². The van der Waals surface area contributed by atoms with Gasteiger partial charge in [0, 0.05) is 24.5 Å². The Morgan fingerprint density at radius 3 is 2.56 bits per heavy atom. The van der Waals surface area contributed by atoms with Gasteiger partial charge in [-0.15, -0.1) is 11.3 Å². The van der Waals surface area contributed by atoms with Gasteiger partial charge in [-0.1, -0.05) is 31.5 Å². The highest BCUT2D eigenvalue weighted by Gasteiger charge is 2.23. The lowest BCUT2D eigenvalue weighted by Crippen LogP contribution is -2.31. The smallest absolute Gasteiger partial charge is 0.252 e. The van der Waals surface area contributed by atoms with Crippen LogP contribution in [0.4, 0.5) is 0 Å². The number of hydrogen-bond acceptors (Lipinski definition) is 4. The summed E-state index contributed by atoms with van der Waals surface area (Å²) in [6, 6.07) is 8.18. The second-order valence-electron chi connectivity index (χ2n) is 5.32. The van der Waals surface area contributed by atoms with Crippen molar-refractivity contribution in [2.45, 2.75) is 25.2 Å². The van der Waals surface area contributed by atoms with E-state index in [4.69, 9.17) is 11.6 Å². The first-order valence-electron chi connectivity index (χ1n) is 8.00. The number of nitrogens with zero attached hydrogens (tertiary/aromatic N) is 1. The normalized spacial score (nSPS) is 11.7. The van der Waals surface area contributed by atoms with E-state index in [0.29, 0.717) is 19.6 Å². The second-order valence-corrected chi connectivity index (χ2v) is 8.69. The highest BCUT2D eigenvalue weighted by atomic mass is 35.5. The van der Waals surface area contributed by atoms with Crippen LogP contribution in [0.2, 0.25) is 5.02 Å². The standard InChI is InChI=1S/C17H21ClN2O3S2/c1-3-20(4-2)25(22,23)14-7-8-16(18)15(12-14)17(21)19-10-9-13-6-5-11-24-13/h5-8,11-12H,3-4,9-10H2,1-2H3,(H,19,21). The van der Waals surface area contributed by atoms with Gasteiger partial charge in [0.1, 0.15) is 0 Å². The minimum atomic E-state index is -3.63. The second kappa shape index (κ2) is 8.80. The third-order valence-electron chi connectivity index (χ3n) is 3.76. The maximum atomic E-state index is 12.6. The SMILES string of the molecule is CCN(CC)S(=O)(=O)c1ccc(Cl)c(C(=O)NCCc2cccs2)c1. The summed E-state index contributed by atoms with van der Waals surface area (Å²) in [5, 5.41) is 5.00. The number of sulfonamides is 1. The molecule has 1 aromatic heterocycles. The number of rotatable bonds is 8. The summed E-state index contributed by atoms with van der Waals surface area (Å²) in [6.07, 6.45) is 0.721. The van der Waals surface area contributed by atoms with Gasteiger partial charge in [-0.25, -0.2) is 8.42 Å². The van der Waals surface area contributed by atoms with Crippen molar-refractivity contribution in [3.8, 4) is 0 Å². The fraction of sp³-hybridized carbons (Fsp3) is 0.353. The molecule has 1 heterocycles. The number of benzene rings is 1. The van der Waals surface area contributed by atoms with E-state index in [9.17, 15) is 13.2 Å². The third-order valence-corrected chi connectivity index (χ3v) is 7.07. The molecule has 2 rings (SSSR count). The molecule has 0 aliphatic carbocycles. The van der Waals surface area contributed by atoms with Crippen LogP contribution in [0.3, 0.4) is 0 Å². The van der Waals surface area contributed by atoms with E-state index in [2.05, 4.69) is 5.32 Å². The molecule has 0 spiro atoms. The molecule has 0 saturated carbocycles. The lowest BCUT2D eigenvalue weighted by Gasteiger charge is -2.19. The molecule has 0 aliphatic heterocycles. The molecule has 136 valence electrons. The minimum Gasteiger partial charge on any atom is -0.352 e. The molecule has 2 aromatic rings. The van der Waals surface area contributed by atoms with E-state index >= 15 is 0 Å². The Bertz CT molecular complexity index is 816. The fourth-order valence-corrected chi connectivity index (χ4v) is 4.80. The van der Waals surface area contributed by atoms with Gasteiger partial charge in [0.2, 0.25) is 10.0 Å². The number of thiophene rings is 1. The Morgan fingerprint density at radius 2 is 1.96 bits per heavy atom. The van der Waals surface area contributed by atoms with Crippen molar-refractivity contribution < 1.29 is 13.2 Å². The number of amides is 1. The maximum Gasteiger partial charge on any atom is 0.252 e. The van der Waals surface area contributed by atoms with E-state index in [1.165, 1.54) is 27.4 Å². The largest absolute Gasteiger partial charge is 0.352 e. The summed E-state index contributed by atoms with van der Waals surface area (Å²) < 4.78 is 26.5. The van der Waals surface area contributed by atoms with Gasteiger partial charge in [-0.3, -0.25) is 4.79 Å². The molecule has 8 heteroatoms. The van der Waals surface area contributed by atoms with Gasteiger partial charge in [0.25, 0.3) is 5.91 Å². The molecular weight excluding hydrogens is 380 g/mol. The van der Waals surface area contributed by atoms with E-state index < -0.39 is 10.0 Å². The van der Waals surface area contributed by atoms with Crippen LogP contribution in [0, 0.1) is 0 Å². The minimum absolute atomic E-state index is 0.0732. The number of carbonyl (C=O) groups is 1. The van der Waals surface area contributed by atoms with Gasteiger partial charge >= 0.3 is 0 Å². The number of nitrogens with one attached hydrogen (secondary N) is 1. The Hall–Kier alpha value is -1.41. The predicted octanol–water partition coefficient (Wildman–Crippen LogP) is 3.40. The lowest BCUT2D eigenvalue weighted by atomic mass is 10.2. The summed E-state index contributed by atoms with van der Waals surface area (Å²) in [7, 11) is -3.63. The monoisotopic (exact) mass is 400 g/mol. The Morgan fingerprint density at radius 1 is 1.24 bits per heavy atom. The van der Waals surface area contributed by atoms with Crippen LogP contribution in [0.25, 0.3) is 0 Å². The van der Waals surface area contributed by atoms with Crippen LogP contribution < -0.4 is 5.32 Å². The first kappa shape index (κ1) is 19.9. The number of hydrogen-bond donors (Lipinski definition) is 1. The van der Waals surface area contributed by atoms with Crippen LogP contribution in [-0.4, -0.2) is 38.3 Å². The molecule has 0 radical (unpaired) electrons. The molecule has 0 saturated heterocycles. The van der Waals surface area contributed by atoms with Gasteiger partial charge < -0.3 is 5.32 Å². The summed E-state index contributed by atoms with van der Waals surface area (Å²) >= 11 is 7.73. The average molecular weight is 401 g/mol. The highest BCUT2D eigenvalue weighted by Crippen LogP contribution is 2.23. The van der Waals surface area contributed by atoms with Crippen molar-refractivity contribution in [1.82, 2.24) is 9.62 Å². The molecule has 0 unspecified atom stereocenters. The topological polar surface area (TPSA) is 66.5 Å². The van der Waals surface area contributed by atoms with Gasteiger partial charge in [-0.2, -0.15) is 4.31 Å². The van der Waals surface area contributed by atoms with Gasteiger partial charge in [0.05, 0.1) is 15.5 Å². The van der Waals surface area contributed by atoms with Gasteiger partial charge in [-0.05, 0) is 36.1 Å². The van der Waals surface area contributed by atoms with Crippen molar-refractivity contribution in [2.24, 2.45) is 0 Å². The van der Waals surface area contributed by atoms with Crippen LogP contribution >= 0.6 is 22.9 Å². The first-order chi connectivity index (χ1) is 11.9. The molecule has 0 aliphatic rings. The first-order valence-corrected chi connectivity index (χ1v) is 10.7. The summed E-state index contributed by atoms with van der Waals surface area (Å²) in [6.45, 7) is 4.74. The molecule has 1 amide bonds. The third kappa shape index (κ3) is 4.82. The Balaban J connectivity index is 2.16. The average Bonchev–Trinajstić information content (AvgIpc) is 3.09. The zero-order valence-corrected chi connectivity index (χ0v) is 16.5. The van der Waals surface area contributed by atoms with Crippen molar-refractivity contribution in [3.05, 3.63) is 51.2 Å². The summed E-state index contributed by atoms with van der Waals surface area (Å²) in [4.78, 5) is 13.6. The highest BCUT2D eigenvalue weighted by molar-refractivity contribution is 7.89. The molecule has 1 aromatic carbocycles. The van der Waals surface area contributed by atoms with E-state index in [1.807, 2.05) is 17.5 Å². The molecular formula is C17H21ClN2O3S2. The molecule has 0 fully saturated rings. The number of carbonyl (C=O) groups excluding carboxylic acids is 1. The fourth-order valence-electron chi connectivity index (χ4n) is 2.40. The zero-order valence-electron chi connectivity index (χ0n) is 14.2. The van der Waals surface area contributed by atoms with E-state index in [0.717, 1.165) is 6.42 Å². The molecule has 0 bridgehead atoms. The van der Waals surface area contributed by atoms with Crippen LogP contribution in [0.1, 0.15) is 29.1 Å². The van der Waals surface area contributed by atoms with E-state index in [-0.39, 0.29) is 21.4 Å². The molecule has 1 N–H and O–H groups in total. The predicted molar refractivity (Wildman–Crippen MR) is 102 cm³/mol. The van der Waals surface area contributed by atoms with Gasteiger partial charge in [0.15, 0.2) is 0 Å². The van der Waals surface area contributed by atoms with Crippen LogP contribution in [0.15, 0.2) is 40.6 Å². The molecule has 5 nitrogen and oxygen atoms in total. The van der Waals surface area contributed by atoms with Crippen molar-refractivity contribution in [1.29, 1.82) is 0 Å². The maximum absolute atomic E-state index is 12.6. The lowest BCUT2D eigenvalue weighted by molar-refractivity contribution is 0.0954. The van der Waals surface area contributed by atoms with Crippen molar-refractivity contribution in [3.63, 3.8) is 0 Å². The Labute approximate surface area is 157 Å². The molecule has 0 atom stereocenters. The summed E-state index contributed by atoms with van der Waals surface area (Å²) in [5.74, 6) is -0.377. The Kier molecular flexibility index (Phi) is 7.01. The number of halogens is 1.